The van der Waals surface area contributed by atoms with E-state index in [0.29, 0.717) is 6.54 Å². The molecule has 1 aromatic rings. The van der Waals surface area contributed by atoms with Gasteiger partial charge in [-0.15, -0.1) is 0 Å². The second-order valence-electron chi connectivity index (χ2n) is 4.90. The number of carboxylic acid groups (broad SMARTS) is 1. The fourth-order valence-electron chi connectivity index (χ4n) is 2.41. The molecular weight excluding hydrogens is 251 g/mol. The Morgan fingerprint density at radius 3 is 2.50 bits per heavy atom. The van der Waals surface area contributed by atoms with Crippen molar-refractivity contribution in [2.24, 2.45) is 0 Å². The van der Waals surface area contributed by atoms with E-state index in [9.17, 15) is 9.59 Å². The van der Waals surface area contributed by atoms with E-state index in [2.05, 4.69) is 0 Å². The van der Waals surface area contributed by atoms with Crippen molar-refractivity contribution in [2.45, 2.75) is 19.0 Å². The van der Waals surface area contributed by atoms with Gasteiger partial charge in [-0.2, -0.15) is 0 Å². The number of aliphatic carboxylic acids is 1. The minimum absolute atomic E-state index is 0. The molecule has 104 valence electrons. The monoisotopic (exact) mass is 270 g/mol. The number of amides is 1. The van der Waals surface area contributed by atoms with Gasteiger partial charge in [-0.3, -0.25) is 14.5 Å². The van der Waals surface area contributed by atoms with Crippen molar-refractivity contribution in [3.05, 3.63) is 35.9 Å². The quantitative estimate of drug-likeness (QED) is 0.804. The zero-order valence-corrected chi connectivity index (χ0v) is 11.1. The first-order valence-electron chi connectivity index (χ1n) is 6.28. The Hall–Kier alpha value is -1.28. The number of hydrogen-bond donors (Lipinski definition) is 1. The summed E-state index contributed by atoms with van der Waals surface area (Å²) in [6, 6.07) is 9.08. The zero-order chi connectivity index (χ0) is 14.0. The molecular formula is C14H19LiN2O3. The molecule has 2 atom stereocenters. The third-order valence-corrected chi connectivity index (χ3v) is 3.63. The van der Waals surface area contributed by atoms with Gasteiger partial charge < -0.3 is 10.0 Å². The Kier molecular flexibility index (Phi) is 5.82. The summed E-state index contributed by atoms with van der Waals surface area (Å²) in [5.41, 5.74) is 0.968. The van der Waals surface area contributed by atoms with Gasteiger partial charge in [-0.05, 0) is 19.5 Å². The molecule has 1 unspecified atom stereocenters. The van der Waals surface area contributed by atoms with E-state index in [-0.39, 0.29) is 43.4 Å². The summed E-state index contributed by atoms with van der Waals surface area (Å²) >= 11 is 0. The molecule has 0 radical (unpaired) electrons. The fraction of sp³-hybridized carbons (Fsp3) is 0.429. The van der Waals surface area contributed by atoms with Crippen LogP contribution in [-0.2, 0) is 9.59 Å². The molecule has 0 spiro atoms. The van der Waals surface area contributed by atoms with Gasteiger partial charge in [0.25, 0.3) is 0 Å². The van der Waals surface area contributed by atoms with Crippen LogP contribution in [0.1, 0.15) is 18.5 Å². The number of carbonyl (C=O) groups excluding carboxylic acids is 1. The molecule has 1 amide bonds. The van der Waals surface area contributed by atoms with Crippen LogP contribution in [0.4, 0.5) is 0 Å². The Morgan fingerprint density at radius 2 is 1.95 bits per heavy atom. The third kappa shape index (κ3) is 3.43. The topological polar surface area (TPSA) is 60.9 Å². The second kappa shape index (κ2) is 6.94. The average Bonchev–Trinajstić information content (AvgIpc) is 2.40. The van der Waals surface area contributed by atoms with E-state index < -0.39 is 5.97 Å². The Balaban J connectivity index is 0.00000200. The number of carboxylic acids is 1. The van der Waals surface area contributed by atoms with Gasteiger partial charge in [0.1, 0.15) is 6.54 Å². The minimum atomic E-state index is -0.981. The van der Waals surface area contributed by atoms with E-state index in [1.807, 2.05) is 42.3 Å². The van der Waals surface area contributed by atoms with E-state index in [1.54, 1.807) is 6.92 Å². The third-order valence-electron chi connectivity index (χ3n) is 3.63. The van der Waals surface area contributed by atoms with Crippen LogP contribution in [0, 0.1) is 0 Å². The number of benzene rings is 1. The molecule has 1 N–H and O–H groups in total. The molecule has 1 aliphatic rings. The summed E-state index contributed by atoms with van der Waals surface area (Å²) in [5.74, 6) is -1.11. The van der Waals surface area contributed by atoms with Crippen LogP contribution < -0.4 is 0 Å². The summed E-state index contributed by atoms with van der Waals surface area (Å²) in [6.07, 6.45) is 0. The van der Waals surface area contributed by atoms with Crippen molar-refractivity contribution in [1.82, 2.24) is 9.80 Å². The molecule has 20 heavy (non-hydrogen) atoms. The van der Waals surface area contributed by atoms with Gasteiger partial charge in [0.2, 0.25) is 5.91 Å². The van der Waals surface area contributed by atoms with Gasteiger partial charge >= 0.3 is 24.8 Å². The van der Waals surface area contributed by atoms with Crippen molar-refractivity contribution in [1.29, 1.82) is 0 Å². The summed E-state index contributed by atoms with van der Waals surface area (Å²) in [4.78, 5) is 26.7. The van der Waals surface area contributed by atoms with Gasteiger partial charge in [-0.1, -0.05) is 30.3 Å². The van der Waals surface area contributed by atoms with Gasteiger partial charge in [0.05, 0.1) is 12.1 Å². The van der Waals surface area contributed by atoms with Crippen LogP contribution in [-0.4, -0.2) is 71.8 Å². The predicted octanol–water partition coefficient (Wildman–Crippen LogP) is 0.326. The van der Waals surface area contributed by atoms with E-state index >= 15 is 0 Å². The van der Waals surface area contributed by atoms with Crippen LogP contribution >= 0.6 is 0 Å². The molecule has 1 aliphatic heterocycles. The Labute approximate surface area is 130 Å². The number of nitrogens with zero attached hydrogens (tertiary/aromatic N) is 2. The molecule has 5 nitrogen and oxygen atoms in total. The first-order valence-corrected chi connectivity index (χ1v) is 6.28. The van der Waals surface area contributed by atoms with Crippen LogP contribution in [0.25, 0.3) is 0 Å². The van der Waals surface area contributed by atoms with Crippen molar-refractivity contribution in [3.8, 4) is 0 Å². The normalized spacial score (nSPS) is 23.3. The molecule has 0 bridgehead atoms. The predicted molar refractivity (Wildman–Crippen MR) is 77.8 cm³/mol. The SMILES string of the molecule is C[C@@H]1C(=O)N(CC(=O)O)C(c2ccccc2)CN1C.[LiH]. The Morgan fingerprint density at radius 1 is 1.35 bits per heavy atom. The molecule has 1 aromatic carbocycles. The number of piperazine rings is 1. The number of carbonyl (C=O) groups is 2. The molecule has 2 rings (SSSR count). The number of hydrogen-bond acceptors (Lipinski definition) is 3. The molecule has 0 saturated carbocycles. The molecule has 0 aromatic heterocycles. The van der Waals surface area contributed by atoms with Crippen molar-refractivity contribution < 1.29 is 14.7 Å². The van der Waals surface area contributed by atoms with Crippen molar-refractivity contribution in [2.75, 3.05) is 20.1 Å². The maximum atomic E-state index is 12.3. The number of likely N-dealkylation sites (N-methyl/N-ethyl adjacent to an activating group) is 1. The van der Waals surface area contributed by atoms with E-state index in [1.165, 1.54) is 4.90 Å². The van der Waals surface area contributed by atoms with Gasteiger partial charge in [-0.25, -0.2) is 0 Å². The molecule has 6 heteroatoms. The fourth-order valence-corrected chi connectivity index (χ4v) is 2.41. The molecule has 1 heterocycles. The van der Waals surface area contributed by atoms with Gasteiger partial charge in [0, 0.05) is 6.54 Å². The van der Waals surface area contributed by atoms with Crippen LogP contribution in [0.2, 0.25) is 0 Å². The van der Waals surface area contributed by atoms with Crippen molar-refractivity contribution >= 4 is 30.7 Å². The molecule has 1 saturated heterocycles. The standard InChI is InChI=1S/C14H18N2O3.Li.H/c1-10-14(19)16(9-13(17)18)12(8-15(10)2)11-6-4-3-5-7-11;;/h3-7,10,12H,8-9H2,1-2H3,(H,17,18);;/t10-,12?;;/m1../s1. The van der Waals surface area contributed by atoms with Crippen molar-refractivity contribution in [3.63, 3.8) is 0 Å². The van der Waals surface area contributed by atoms with Crippen LogP contribution in [0.3, 0.4) is 0 Å². The summed E-state index contributed by atoms with van der Waals surface area (Å²) in [6.45, 7) is 2.19. The second-order valence-corrected chi connectivity index (χ2v) is 4.90. The van der Waals surface area contributed by atoms with Gasteiger partial charge in [0.15, 0.2) is 0 Å². The summed E-state index contributed by atoms with van der Waals surface area (Å²) < 4.78 is 0. The zero-order valence-electron chi connectivity index (χ0n) is 11.1. The average molecular weight is 270 g/mol. The van der Waals surface area contributed by atoms with E-state index in [0.717, 1.165) is 5.56 Å². The van der Waals surface area contributed by atoms with Crippen LogP contribution in [0.5, 0.6) is 0 Å². The first kappa shape index (κ1) is 16.8. The summed E-state index contributed by atoms with van der Waals surface area (Å²) in [5, 5.41) is 8.99. The first-order chi connectivity index (χ1) is 9.00. The maximum absolute atomic E-state index is 12.3. The molecule has 0 aliphatic carbocycles. The van der Waals surface area contributed by atoms with Crippen LogP contribution in [0.15, 0.2) is 30.3 Å². The molecule has 1 fully saturated rings. The number of rotatable bonds is 3. The summed E-state index contributed by atoms with van der Waals surface area (Å²) in [7, 11) is 1.89. The van der Waals surface area contributed by atoms with E-state index in [4.69, 9.17) is 5.11 Å². The Bertz CT molecular complexity index is 481.